The van der Waals surface area contributed by atoms with Gasteiger partial charge in [0.05, 0.1) is 33.8 Å². The number of ketones is 1. The summed E-state index contributed by atoms with van der Waals surface area (Å²) in [5.74, 6) is -0.422. The van der Waals surface area contributed by atoms with Crippen LogP contribution in [0.5, 0.6) is 11.5 Å². The molecule has 0 fully saturated rings. The number of aromatic nitrogens is 1. The number of aliphatic hydroxyl groups excluding tert-OH is 1. The number of amides is 1. The zero-order chi connectivity index (χ0) is 27.4. The SMILES string of the molecule is CCOc1cc(C2C(C(=O)c3sc(C)nc3C)=C(O)C(=O)N2CCN(C)C)ccc1OCc1ccccc1. The number of ether oxygens (including phenoxy) is 2. The van der Waals surface area contributed by atoms with E-state index in [0.717, 1.165) is 10.6 Å². The van der Waals surface area contributed by atoms with E-state index in [2.05, 4.69) is 4.98 Å². The zero-order valence-corrected chi connectivity index (χ0v) is 23.2. The molecule has 1 amide bonds. The van der Waals surface area contributed by atoms with E-state index in [9.17, 15) is 14.7 Å². The van der Waals surface area contributed by atoms with Crippen LogP contribution in [0, 0.1) is 13.8 Å². The molecule has 38 heavy (non-hydrogen) atoms. The second-order valence-electron chi connectivity index (χ2n) is 9.36. The maximum Gasteiger partial charge on any atom is 0.290 e. The van der Waals surface area contributed by atoms with Crippen LogP contribution in [0.3, 0.4) is 0 Å². The Morgan fingerprint density at radius 3 is 2.47 bits per heavy atom. The molecule has 3 aromatic rings. The first-order chi connectivity index (χ1) is 18.2. The summed E-state index contributed by atoms with van der Waals surface area (Å²) in [6, 6.07) is 14.4. The van der Waals surface area contributed by atoms with Gasteiger partial charge in [0.25, 0.3) is 5.91 Å². The van der Waals surface area contributed by atoms with Crippen molar-refractivity contribution < 1.29 is 24.2 Å². The van der Waals surface area contributed by atoms with Gasteiger partial charge in [-0.1, -0.05) is 36.4 Å². The molecule has 200 valence electrons. The minimum absolute atomic E-state index is 0.0564. The van der Waals surface area contributed by atoms with Crippen molar-refractivity contribution in [1.29, 1.82) is 0 Å². The second-order valence-corrected chi connectivity index (χ2v) is 10.6. The van der Waals surface area contributed by atoms with E-state index in [4.69, 9.17) is 9.47 Å². The number of carbonyl (C=O) groups excluding carboxylic acids is 2. The molecule has 4 rings (SSSR count). The van der Waals surface area contributed by atoms with Crippen LogP contribution in [0.15, 0.2) is 59.9 Å². The van der Waals surface area contributed by atoms with Crippen LogP contribution in [-0.4, -0.2) is 65.4 Å². The fourth-order valence-corrected chi connectivity index (χ4v) is 5.33. The van der Waals surface area contributed by atoms with Gasteiger partial charge in [-0.15, -0.1) is 11.3 Å². The highest BCUT2D eigenvalue weighted by atomic mass is 32.1. The number of hydrogen-bond acceptors (Lipinski definition) is 8. The molecule has 9 heteroatoms. The zero-order valence-electron chi connectivity index (χ0n) is 22.4. The number of nitrogens with zero attached hydrogens (tertiary/aromatic N) is 3. The average molecular weight is 536 g/mol. The van der Waals surface area contributed by atoms with E-state index in [1.165, 1.54) is 11.3 Å². The fraction of sp³-hybridized carbons (Fsp3) is 0.345. The van der Waals surface area contributed by atoms with Crippen LogP contribution < -0.4 is 9.47 Å². The molecule has 0 spiro atoms. The summed E-state index contributed by atoms with van der Waals surface area (Å²) in [6.07, 6.45) is 0. The van der Waals surface area contributed by atoms with Crippen LogP contribution in [0.1, 0.15) is 44.5 Å². The lowest BCUT2D eigenvalue weighted by molar-refractivity contribution is -0.129. The molecule has 0 aliphatic carbocycles. The lowest BCUT2D eigenvalue weighted by Gasteiger charge is -2.28. The van der Waals surface area contributed by atoms with Crippen molar-refractivity contribution in [3.8, 4) is 11.5 Å². The second kappa shape index (κ2) is 11.8. The molecule has 1 N–H and O–H groups in total. The smallest absolute Gasteiger partial charge is 0.290 e. The van der Waals surface area contributed by atoms with Gasteiger partial charge in [0.1, 0.15) is 6.61 Å². The van der Waals surface area contributed by atoms with E-state index in [1.807, 2.05) is 69.2 Å². The standard InChI is InChI=1S/C29H33N3O5S/c1-6-36-23-16-21(12-13-22(23)37-17-20-10-8-7-9-11-20)25-24(26(33)28-18(2)30-19(3)38-28)27(34)29(35)32(25)15-14-31(4)5/h7-13,16,25,34H,6,14-15,17H2,1-5H3. The number of Topliss-reactive ketones (excluding diaryl/α,β-unsaturated/α-hetero) is 1. The van der Waals surface area contributed by atoms with Gasteiger partial charge in [0, 0.05) is 13.1 Å². The van der Waals surface area contributed by atoms with Crippen LogP contribution >= 0.6 is 11.3 Å². The van der Waals surface area contributed by atoms with Crippen molar-refractivity contribution in [3.63, 3.8) is 0 Å². The summed E-state index contributed by atoms with van der Waals surface area (Å²) in [7, 11) is 3.81. The van der Waals surface area contributed by atoms with Crippen molar-refractivity contribution in [2.75, 3.05) is 33.8 Å². The molecule has 1 unspecified atom stereocenters. The molecule has 1 atom stereocenters. The van der Waals surface area contributed by atoms with Gasteiger partial charge in [-0.3, -0.25) is 9.59 Å². The molecular weight excluding hydrogens is 502 g/mol. The maximum absolute atomic E-state index is 13.7. The van der Waals surface area contributed by atoms with Crippen LogP contribution in [0.25, 0.3) is 0 Å². The molecule has 2 aromatic carbocycles. The first-order valence-corrected chi connectivity index (χ1v) is 13.3. The molecular formula is C29H33N3O5S. The molecule has 0 bridgehead atoms. The van der Waals surface area contributed by atoms with Crippen molar-refractivity contribution >= 4 is 23.0 Å². The lowest BCUT2D eigenvalue weighted by Crippen LogP contribution is -2.36. The number of aliphatic hydroxyl groups is 1. The molecule has 0 saturated heterocycles. The summed E-state index contributed by atoms with van der Waals surface area (Å²) >= 11 is 1.26. The Morgan fingerprint density at radius 1 is 1.11 bits per heavy atom. The van der Waals surface area contributed by atoms with E-state index in [-0.39, 0.29) is 5.57 Å². The maximum atomic E-state index is 13.7. The van der Waals surface area contributed by atoms with Crippen molar-refractivity contribution in [3.05, 3.63) is 86.6 Å². The topological polar surface area (TPSA) is 92.2 Å². The van der Waals surface area contributed by atoms with Gasteiger partial charge in [-0.25, -0.2) is 4.98 Å². The highest BCUT2D eigenvalue weighted by Crippen LogP contribution is 2.42. The molecule has 1 aromatic heterocycles. The molecule has 1 aliphatic rings. The summed E-state index contributed by atoms with van der Waals surface area (Å²) in [4.78, 5) is 35.3. The van der Waals surface area contributed by atoms with Gasteiger partial charge in [-0.05, 0) is 58.1 Å². The van der Waals surface area contributed by atoms with Gasteiger partial charge in [0.2, 0.25) is 5.78 Å². The van der Waals surface area contributed by atoms with Crippen LogP contribution in [0.4, 0.5) is 0 Å². The molecule has 0 radical (unpaired) electrons. The van der Waals surface area contributed by atoms with E-state index >= 15 is 0 Å². The third kappa shape index (κ3) is 5.74. The summed E-state index contributed by atoms with van der Waals surface area (Å²) in [5.41, 5.74) is 2.31. The van der Waals surface area contributed by atoms with Gasteiger partial charge >= 0.3 is 0 Å². The normalized spacial score (nSPS) is 15.5. The minimum Gasteiger partial charge on any atom is -0.503 e. The van der Waals surface area contributed by atoms with Crippen molar-refractivity contribution in [1.82, 2.24) is 14.8 Å². The summed E-state index contributed by atoms with van der Waals surface area (Å²) in [5, 5.41) is 11.7. The third-order valence-corrected chi connectivity index (χ3v) is 7.34. The number of thiazole rings is 1. The van der Waals surface area contributed by atoms with E-state index in [1.54, 1.807) is 24.0 Å². The number of aryl methyl sites for hydroxylation is 2. The number of likely N-dealkylation sites (N-methyl/N-ethyl adjacent to an activating group) is 1. The Bertz CT molecular complexity index is 1350. The lowest BCUT2D eigenvalue weighted by atomic mass is 9.94. The molecule has 1 aliphatic heterocycles. The number of carbonyl (C=O) groups is 2. The predicted molar refractivity (Wildman–Crippen MR) is 147 cm³/mol. The monoisotopic (exact) mass is 535 g/mol. The quantitative estimate of drug-likeness (QED) is 0.350. The number of benzene rings is 2. The van der Waals surface area contributed by atoms with Gasteiger partial charge in [0.15, 0.2) is 17.3 Å². The Kier molecular flexibility index (Phi) is 8.48. The average Bonchev–Trinajstić information content (AvgIpc) is 3.36. The Morgan fingerprint density at radius 2 is 1.84 bits per heavy atom. The van der Waals surface area contributed by atoms with E-state index < -0.39 is 23.5 Å². The van der Waals surface area contributed by atoms with Gasteiger partial charge in [-0.2, -0.15) is 0 Å². The Balaban J connectivity index is 1.74. The Hall–Kier alpha value is -3.69. The number of rotatable bonds is 11. The summed E-state index contributed by atoms with van der Waals surface area (Å²) in [6.45, 7) is 7.13. The molecule has 2 heterocycles. The third-order valence-electron chi connectivity index (χ3n) is 6.27. The highest BCUT2D eigenvalue weighted by molar-refractivity contribution is 7.14. The highest BCUT2D eigenvalue weighted by Gasteiger charge is 2.44. The minimum atomic E-state index is -0.779. The van der Waals surface area contributed by atoms with Crippen LogP contribution in [0.2, 0.25) is 0 Å². The number of hydrogen-bond donors (Lipinski definition) is 1. The first-order valence-electron chi connectivity index (χ1n) is 12.5. The molecule has 8 nitrogen and oxygen atoms in total. The summed E-state index contributed by atoms with van der Waals surface area (Å²) < 4.78 is 12.0. The predicted octanol–water partition coefficient (Wildman–Crippen LogP) is 4.88. The largest absolute Gasteiger partial charge is 0.503 e. The van der Waals surface area contributed by atoms with Crippen molar-refractivity contribution in [2.45, 2.75) is 33.4 Å². The molecule has 0 saturated carbocycles. The fourth-order valence-electron chi connectivity index (χ4n) is 4.45. The van der Waals surface area contributed by atoms with E-state index in [0.29, 0.717) is 53.9 Å². The van der Waals surface area contributed by atoms with Gasteiger partial charge < -0.3 is 24.4 Å². The first kappa shape index (κ1) is 27.3. The van der Waals surface area contributed by atoms with Crippen LogP contribution in [-0.2, 0) is 11.4 Å². The Labute approximate surface area is 227 Å². The van der Waals surface area contributed by atoms with Crippen molar-refractivity contribution in [2.24, 2.45) is 0 Å².